The Hall–Kier alpha value is -1.18. The molecule has 0 amide bonds. The normalized spacial score (nSPS) is 17.2. The number of aromatic nitrogens is 2. The van der Waals surface area contributed by atoms with Crippen LogP contribution in [0.15, 0.2) is 28.6 Å². The van der Waals surface area contributed by atoms with Gasteiger partial charge in [-0.3, -0.25) is 4.68 Å². The van der Waals surface area contributed by atoms with E-state index in [-0.39, 0.29) is 6.04 Å². The van der Waals surface area contributed by atoms with Crippen LogP contribution in [-0.2, 0) is 17.1 Å². The molecule has 2 aromatic heterocycles. The molecular formula is C15H21N3O2S2. The summed E-state index contributed by atoms with van der Waals surface area (Å²) in [6, 6.07) is 3.93. The second-order valence-corrected chi connectivity index (χ2v) is 8.72. The van der Waals surface area contributed by atoms with Gasteiger partial charge in [0.15, 0.2) is 0 Å². The molecule has 0 saturated heterocycles. The number of aryl methyl sites for hydroxylation is 1. The third kappa shape index (κ3) is 2.85. The third-order valence-corrected chi connectivity index (χ3v) is 7.08. The van der Waals surface area contributed by atoms with Crippen molar-refractivity contribution in [2.45, 2.75) is 43.0 Å². The van der Waals surface area contributed by atoms with Gasteiger partial charge in [0.05, 0.1) is 4.88 Å². The standard InChI is InChI=1S/C15H21N3O2S2/c1-17-11-14(15(16-17)13-9-6-10-21-13)22(19,20)18(2)12-7-4-3-5-8-12/h6,9-12H,3-5,7-8H2,1-2H3. The molecular weight excluding hydrogens is 318 g/mol. The van der Waals surface area contributed by atoms with E-state index in [0.29, 0.717) is 10.6 Å². The molecule has 0 aliphatic heterocycles. The van der Waals surface area contributed by atoms with E-state index < -0.39 is 10.0 Å². The van der Waals surface area contributed by atoms with Crippen molar-refractivity contribution in [2.24, 2.45) is 7.05 Å². The summed E-state index contributed by atoms with van der Waals surface area (Å²) in [7, 11) is -0.0523. The van der Waals surface area contributed by atoms with Crippen LogP contribution in [-0.4, -0.2) is 35.6 Å². The number of hydrogen-bond acceptors (Lipinski definition) is 4. The van der Waals surface area contributed by atoms with Crippen molar-refractivity contribution in [2.75, 3.05) is 7.05 Å². The molecule has 2 aromatic rings. The van der Waals surface area contributed by atoms with Gasteiger partial charge < -0.3 is 0 Å². The molecule has 5 nitrogen and oxygen atoms in total. The molecule has 0 bridgehead atoms. The van der Waals surface area contributed by atoms with E-state index in [1.807, 2.05) is 17.5 Å². The molecule has 0 N–H and O–H groups in total. The highest BCUT2D eigenvalue weighted by Gasteiger charge is 2.32. The van der Waals surface area contributed by atoms with Gasteiger partial charge in [0.2, 0.25) is 10.0 Å². The van der Waals surface area contributed by atoms with Crippen LogP contribution in [0.5, 0.6) is 0 Å². The van der Waals surface area contributed by atoms with Crippen LogP contribution >= 0.6 is 11.3 Å². The maximum Gasteiger partial charge on any atom is 0.246 e. The molecule has 0 radical (unpaired) electrons. The topological polar surface area (TPSA) is 55.2 Å². The van der Waals surface area contributed by atoms with Crippen LogP contribution in [0, 0.1) is 0 Å². The van der Waals surface area contributed by atoms with Crippen LogP contribution in [0.3, 0.4) is 0 Å². The molecule has 120 valence electrons. The second-order valence-electron chi connectivity index (χ2n) is 5.81. The Morgan fingerprint density at radius 3 is 2.68 bits per heavy atom. The van der Waals surface area contributed by atoms with Gasteiger partial charge in [-0.05, 0) is 24.3 Å². The average molecular weight is 339 g/mol. The number of nitrogens with zero attached hydrogens (tertiary/aromatic N) is 3. The van der Waals surface area contributed by atoms with Gasteiger partial charge in [-0.2, -0.15) is 9.40 Å². The van der Waals surface area contributed by atoms with Crippen molar-refractivity contribution in [1.82, 2.24) is 14.1 Å². The summed E-state index contributed by atoms with van der Waals surface area (Å²) in [5, 5.41) is 6.30. The molecule has 3 rings (SSSR count). The highest BCUT2D eigenvalue weighted by Crippen LogP contribution is 2.33. The minimum atomic E-state index is -3.52. The fraction of sp³-hybridized carbons (Fsp3) is 0.533. The van der Waals surface area contributed by atoms with Gasteiger partial charge in [-0.25, -0.2) is 8.42 Å². The summed E-state index contributed by atoms with van der Waals surface area (Å²) >= 11 is 1.51. The molecule has 1 fully saturated rings. The Morgan fingerprint density at radius 2 is 2.05 bits per heavy atom. The first-order valence-electron chi connectivity index (χ1n) is 7.55. The monoisotopic (exact) mass is 339 g/mol. The zero-order chi connectivity index (χ0) is 15.7. The van der Waals surface area contributed by atoms with Gasteiger partial charge in [0.1, 0.15) is 10.6 Å². The van der Waals surface area contributed by atoms with Gasteiger partial charge in [0.25, 0.3) is 0 Å². The minimum absolute atomic E-state index is 0.107. The zero-order valence-electron chi connectivity index (χ0n) is 12.9. The fourth-order valence-electron chi connectivity index (χ4n) is 3.04. The maximum absolute atomic E-state index is 13.0. The van der Waals surface area contributed by atoms with Crippen LogP contribution in [0.2, 0.25) is 0 Å². The molecule has 7 heteroatoms. The molecule has 0 spiro atoms. The lowest BCUT2D eigenvalue weighted by molar-refractivity contribution is 0.286. The van der Waals surface area contributed by atoms with E-state index in [4.69, 9.17) is 0 Å². The molecule has 22 heavy (non-hydrogen) atoms. The largest absolute Gasteiger partial charge is 0.274 e. The maximum atomic E-state index is 13.0. The molecule has 1 aliphatic rings. The minimum Gasteiger partial charge on any atom is -0.274 e. The lowest BCUT2D eigenvalue weighted by Crippen LogP contribution is -2.38. The molecule has 2 heterocycles. The van der Waals surface area contributed by atoms with E-state index in [1.165, 1.54) is 17.8 Å². The van der Waals surface area contributed by atoms with Crippen molar-refractivity contribution in [1.29, 1.82) is 0 Å². The first-order valence-corrected chi connectivity index (χ1v) is 9.87. The quantitative estimate of drug-likeness (QED) is 0.860. The summed E-state index contributed by atoms with van der Waals surface area (Å²) in [6.07, 6.45) is 6.93. The Kier molecular flexibility index (Phi) is 4.38. The van der Waals surface area contributed by atoms with Crippen molar-refractivity contribution in [3.8, 4) is 10.6 Å². The Bertz CT molecular complexity index is 729. The molecule has 0 unspecified atom stereocenters. The highest BCUT2D eigenvalue weighted by atomic mass is 32.2. The predicted molar refractivity (Wildman–Crippen MR) is 88.3 cm³/mol. The molecule has 1 aliphatic carbocycles. The fourth-order valence-corrected chi connectivity index (χ4v) is 5.42. The second kappa shape index (κ2) is 6.14. The van der Waals surface area contributed by atoms with Gasteiger partial charge >= 0.3 is 0 Å². The van der Waals surface area contributed by atoms with Gasteiger partial charge in [0, 0.05) is 26.3 Å². The first kappa shape index (κ1) is 15.7. The summed E-state index contributed by atoms with van der Waals surface area (Å²) < 4.78 is 29.2. The van der Waals surface area contributed by atoms with E-state index >= 15 is 0 Å². The first-order chi connectivity index (χ1) is 10.5. The average Bonchev–Trinajstić information content (AvgIpc) is 3.16. The number of sulfonamides is 1. The molecule has 0 aromatic carbocycles. The Morgan fingerprint density at radius 1 is 1.32 bits per heavy atom. The number of rotatable bonds is 4. The predicted octanol–water partition coefficient (Wildman–Crippen LogP) is 3.10. The number of hydrogen-bond donors (Lipinski definition) is 0. The van der Waals surface area contributed by atoms with Crippen molar-refractivity contribution in [3.63, 3.8) is 0 Å². The number of thiophene rings is 1. The molecule has 0 atom stereocenters. The Balaban J connectivity index is 1.98. The van der Waals surface area contributed by atoms with Crippen LogP contribution < -0.4 is 0 Å². The van der Waals surface area contributed by atoms with E-state index in [2.05, 4.69) is 5.10 Å². The van der Waals surface area contributed by atoms with Crippen LogP contribution in [0.4, 0.5) is 0 Å². The van der Waals surface area contributed by atoms with E-state index in [0.717, 1.165) is 30.6 Å². The van der Waals surface area contributed by atoms with Gasteiger partial charge in [-0.15, -0.1) is 11.3 Å². The van der Waals surface area contributed by atoms with Crippen molar-refractivity contribution in [3.05, 3.63) is 23.7 Å². The lowest BCUT2D eigenvalue weighted by atomic mass is 9.96. The highest BCUT2D eigenvalue weighted by molar-refractivity contribution is 7.89. The smallest absolute Gasteiger partial charge is 0.246 e. The van der Waals surface area contributed by atoms with Crippen LogP contribution in [0.25, 0.3) is 10.6 Å². The summed E-state index contributed by atoms with van der Waals surface area (Å²) in [5.41, 5.74) is 0.556. The zero-order valence-corrected chi connectivity index (χ0v) is 14.5. The summed E-state index contributed by atoms with van der Waals surface area (Å²) in [5.74, 6) is 0. The van der Waals surface area contributed by atoms with Crippen molar-refractivity contribution < 1.29 is 8.42 Å². The van der Waals surface area contributed by atoms with E-state index in [1.54, 1.807) is 29.3 Å². The van der Waals surface area contributed by atoms with E-state index in [9.17, 15) is 8.42 Å². The molecule has 1 saturated carbocycles. The van der Waals surface area contributed by atoms with Gasteiger partial charge in [-0.1, -0.05) is 25.3 Å². The summed E-state index contributed by atoms with van der Waals surface area (Å²) in [6.45, 7) is 0. The Labute approximate surface area is 135 Å². The SMILES string of the molecule is CN(C1CCCCC1)S(=O)(=O)c1cn(C)nc1-c1cccs1. The van der Waals surface area contributed by atoms with Crippen LogP contribution in [0.1, 0.15) is 32.1 Å². The third-order valence-electron chi connectivity index (χ3n) is 4.30. The lowest BCUT2D eigenvalue weighted by Gasteiger charge is -2.30. The van der Waals surface area contributed by atoms with Crippen molar-refractivity contribution >= 4 is 21.4 Å². The summed E-state index contributed by atoms with van der Waals surface area (Å²) in [4.78, 5) is 1.20.